The standard InChI is InChI=1S/C20H23FN2O2/c1-25-18-12-10-17(11-13-18)22-20(24)23-19(14-4-2-3-5-14)15-6-8-16(21)9-7-15/h6-14,19H,2-5H2,1H3,(H2,22,23,24)/t19-/m1/s1. The molecule has 0 spiro atoms. The smallest absolute Gasteiger partial charge is 0.319 e. The van der Waals surface area contributed by atoms with E-state index in [1.165, 1.54) is 25.0 Å². The second-order valence-electron chi connectivity index (χ2n) is 6.40. The van der Waals surface area contributed by atoms with Gasteiger partial charge in [0.2, 0.25) is 0 Å². The van der Waals surface area contributed by atoms with Crippen molar-refractivity contribution in [2.75, 3.05) is 12.4 Å². The number of nitrogens with one attached hydrogen (secondary N) is 2. The summed E-state index contributed by atoms with van der Waals surface area (Å²) in [6.45, 7) is 0. The molecule has 5 heteroatoms. The second kappa shape index (κ2) is 8.01. The Hall–Kier alpha value is -2.56. The lowest BCUT2D eigenvalue weighted by Gasteiger charge is -2.25. The fourth-order valence-corrected chi connectivity index (χ4v) is 3.42. The SMILES string of the molecule is COc1ccc(NC(=O)N[C@@H](c2ccc(F)cc2)C2CCCC2)cc1. The second-order valence-corrected chi connectivity index (χ2v) is 6.40. The van der Waals surface area contributed by atoms with Crippen LogP contribution in [-0.2, 0) is 0 Å². The fraction of sp³-hybridized carbons (Fsp3) is 0.350. The minimum atomic E-state index is -0.267. The molecule has 4 nitrogen and oxygen atoms in total. The summed E-state index contributed by atoms with van der Waals surface area (Å²) in [6, 6.07) is 13.2. The molecule has 1 atom stereocenters. The van der Waals surface area contributed by atoms with Gasteiger partial charge in [0.1, 0.15) is 11.6 Å². The predicted molar refractivity (Wildman–Crippen MR) is 96.2 cm³/mol. The Balaban J connectivity index is 1.70. The van der Waals surface area contributed by atoms with E-state index in [4.69, 9.17) is 4.74 Å². The zero-order chi connectivity index (χ0) is 17.6. The van der Waals surface area contributed by atoms with E-state index in [-0.39, 0.29) is 17.9 Å². The number of urea groups is 1. The number of amides is 2. The first-order valence-electron chi connectivity index (χ1n) is 8.63. The number of benzene rings is 2. The molecule has 1 aliphatic carbocycles. The van der Waals surface area contributed by atoms with Crippen LogP contribution in [0.5, 0.6) is 5.75 Å². The molecule has 132 valence electrons. The normalized spacial score (nSPS) is 15.6. The molecule has 0 radical (unpaired) electrons. The van der Waals surface area contributed by atoms with Crippen LogP contribution in [0.15, 0.2) is 48.5 Å². The number of hydrogen-bond donors (Lipinski definition) is 2. The number of anilines is 1. The maximum absolute atomic E-state index is 13.2. The van der Waals surface area contributed by atoms with Crippen LogP contribution in [-0.4, -0.2) is 13.1 Å². The highest BCUT2D eigenvalue weighted by Gasteiger charge is 2.27. The van der Waals surface area contributed by atoms with Crippen molar-refractivity contribution in [3.05, 3.63) is 59.9 Å². The molecule has 2 N–H and O–H groups in total. The lowest BCUT2D eigenvalue weighted by molar-refractivity contribution is 0.242. The van der Waals surface area contributed by atoms with Crippen molar-refractivity contribution in [3.63, 3.8) is 0 Å². The number of ether oxygens (including phenoxy) is 1. The monoisotopic (exact) mass is 342 g/mol. The topological polar surface area (TPSA) is 50.4 Å². The Morgan fingerprint density at radius 2 is 1.72 bits per heavy atom. The molecule has 0 aliphatic heterocycles. The van der Waals surface area contributed by atoms with Crippen LogP contribution >= 0.6 is 0 Å². The minimum Gasteiger partial charge on any atom is -0.497 e. The number of carbonyl (C=O) groups is 1. The van der Waals surface area contributed by atoms with E-state index in [1.54, 1.807) is 43.5 Å². The highest BCUT2D eigenvalue weighted by Crippen LogP contribution is 2.35. The van der Waals surface area contributed by atoms with Gasteiger partial charge < -0.3 is 15.4 Å². The maximum Gasteiger partial charge on any atom is 0.319 e. The van der Waals surface area contributed by atoms with Gasteiger partial charge in [-0.1, -0.05) is 25.0 Å². The lowest BCUT2D eigenvalue weighted by Crippen LogP contribution is -2.35. The Kier molecular flexibility index (Phi) is 5.53. The molecule has 3 rings (SSSR count). The van der Waals surface area contributed by atoms with Crippen molar-refractivity contribution in [3.8, 4) is 5.75 Å². The van der Waals surface area contributed by atoms with Crippen molar-refractivity contribution < 1.29 is 13.9 Å². The number of carbonyl (C=O) groups excluding carboxylic acids is 1. The Morgan fingerprint density at radius 1 is 1.08 bits per heavy atom. The van der Waals surface area contributed by atoms with Crippen LogP contribution in [0.4, 0.5) is 14.9 Å². The van der Waals surface area contributed by atoms with Crippen LogP contribution in [0.2, 0.25) is 0 Å². The molecule has 1 saturated carbocycles. The summed E-state index contributed by atoms with van der Waals surface area (Å²) in [6.07, 6.45) is 4.49. The van der Waals surface area contributed by atoms with E-state index in [0.717, 1.165) is 24.2 Å². The van der Waals surface area contributed by atoms with E-state index >= 15 is 0 Å². The summed E-state index contributed by atoms with van der Waals surface area (Å²) < 4.78 is 18.3. The van der Waals surface area contributed by atoms with E-state index in [1.807, 2.05) is 0 Å². The molecule has 0 heterocycles. The van der Waals surface area contributed by atoms with Crippen molar-refractivity contribution in [1.82, 2.24) is 5.32 Å². The summed E-state index contributed by atoms with van der Waals surface area (Å²) in [5.74, 6) is 0.852. The molecular weight excluding hydrogens is 319 g/mol. The molecule has 2 aromatic carbocycles. The third-order valence-electron chi connectivity index (χ3n) is 4.73. The number of halogens is 1. The summed E-state index contributed by atoms with van der Waals surface area (Å²) in [5.41, 5.74) is 1.64. The van der Waals surface area contributed by atoms with Gasteiger partial charge in [-0.15, -0.1) is 0 Å². The minimum absolute atomic E-state index is 0.110. The van der Waals surface area contributed by atoms with Gasteiger partial charge in [0.15, 0.2) is 0 Å². The van der Waals surface area contributed by atoms with E-state index in [2.05, 4.69) is 10.6 Å². The van der Waals surface area contributed by atoms with Gasteiger partial charge in [0.25, 0.3) is 0 Å². The fourth-order valence-electron chi connectivity index (χ4n) is 3.42. The van der Waals surface area contributed by atoms with Crippen molar-refractivity contribution >= 4 is 11.7 Å². The predicted octanol–water partition coefficient (Wildman–Crippen LogP) is 4.89. The Labute approximate surface area is 147 Å². The first-order valence-corrected chi connectivity index (χ1v) is 8.63. The molecule has 1 fully saturated rings. The van der Waals surface area contributed by atoms with Gasteiger partial charge >= 0.3 is 6.03 Å². The molecule has 1 aliphatic rings. The third kappa shape index (κ3) is 4.50. The molecule has 0 aromatic heterocycles. The van der Waals surface area contributed by atoms with Crippen LogP contribution in [0.1, 0.15) is 37.3 Å². The first-order chi connectivity index (χ1) is 12.2. The number of rotatable bonds is 5. The zero-order valence-corrected chi connectivity index (χ0v) is 14.3. The van der Waals surface area contributed by atoms with Crippen molar-refractivity contribution in [1.29, 1.82) is 0 Å². The van der Waals surface area contributed by atoms with Crippen LogP contribution in [0, 0.1) is 11.7 Å². The molecule has 0 unspecified atom stereocenters. The maximum atomic E-state index is 13.2. The van der Waals surface area contributed by atoms with Gasteiger partial charge in [-0.05, 0) is 60.7 Å². The van der Waals surface area contributed by atoms with Gasteiger partial charge in [0, 0.05) is 5.69 Å². The molecule has 2 amide bonds. The Bertz CT molecular complexity index is 695. The van der Waals surface area contributed by atoms with Gasteiger partial charge in [0.05, 0.1) is 13.2 Å². The van der Waals surface area contributed by atoms with Crippen LogP contribution in [0.25, 0.3) is 0 Å². The number of hydrogen-bond acceptors (Lipinski definition) is 2. The number of methoxy groups -OCH3 is 1. The summed E-state index contributed by atoms with van der Waals surface area (Å²) in [5, 5.41) is 5.92. The lowest BCUT2D eigenvalue weighted by atomic mass is 9.91. The van der Waals surface area contributed by atoms with Crippen molar-refractivity contribution in [2.45, 2.75) is 31.7 Å². The molecular formula is C20H23FN2O2. The molecule has 0 bridgehead atoms. The van der Waals surface area contributed by atoms with Crippen molar-refractivity contribution in [2.24, 2.45) is 5.92 Å². The average Bonchev–Trinajstić information content (AvgIpc) is 3.15. The third-order valence-corrected chi connectivity index (χ3v) is 4.73. The molecule has 25 heavy (non-hydrogen) atoms. The van der Waals surface area contributed by atoms with Gasteiger partial charge in [-0.25, -0.2) is 9.18 Å². The largest absolute Gasteiger partial charge is 0.497 e. The van der Waals surface area contributed by atoms with E-state index < -0.39 is 0 Å². The quantitative estimate of drug-likeness (QED) is 0.813. The van der Waals surface area contributed by atoms with Gasteiger partial charge in [-0.3, -0.25) is 0 Å². The van der Waals surface area contributed by atoms with Gasteiger partial charge in [-0.2, -0.15) is 0 Å². The summed E-state index contributed by atoms with van der Waals surface area (Å²) in [7, 11) is 1.60. The summed E-state index contributed by atoms with van der Waals surface area (Å²) in [4.78, 5) is 12.4. The average molecular weight is 342 g/mol. The zero-order valence-electron chi connectivity index (χ0n) is 14.3. The summed E-state index contributed by atoms with van der Waals surface area (Å²) >= 11 is 0. The molecule has 2 aromatic rings. The molecule has 0 saturated heterocycles. The highest BCUT2D eigenvalue weighted by atomic mass is 19.1. The highest BCUT2D eigenvalue weighted by molar-refractivity contribution is 5.89. The van der Waals surface area contributed by atoms with Crippen LogP contribution in [0.3, 0.4) is 0 Å². The van der Waals surface area contributed by atoms with E-state index in [0.29, 0.717) is 11.6 Å². The van der Waals surface area contributed by atoms with E-state index in [9.17, 15) is 9.18 Å². The first kappa shape index (κ1) is 17.3. The van der Waals surface area contributed by atoms with Crippen LogP contribution < -0.4 is 15.4 Å². The Morgan fingerprint density at radius 3 is 2.32 bits per heavy atom.